The fraction of sp³-hybridized carbons (Fsp3) is 0.556. The summed E-state index contributed by atoms with van der Waals surface area (Å²) in [6.45, 7) is 12.3. The molecule has 7 heteroatoms. The van der Waals surface area contributed by atoms with Crippen LogP contribution in [0.4, 0.5) is 10.1 Å². The number of hydrogen-bond acceptors (Lipinski definition) is 5. The Morgan fingerprint density at radius 1 is 1.18 bits per heavy atom. The smallest absolute Gasteiger partial charge is 0.339 e. The Bertz CT molecular complexity index is 1010. The molecule has 6 nitrogen and oxygen atoms in total. The number of ether oxygens (including phenoxy) is 3. The highest BCUT2D eigenvalue weighted by Gasteiger charge is 2.44. The highest BCUT2D eigenvalue weighted by molar-refractivity contribution is 5.98. The van der Waals surface area contributed by atoms with Gasteiger partial charge in [0.2, 0.25) is 5.91 Å². The van der Waals surface area contributed by atoms with Crippen LogP contribution in [-0.2, 0) is 19.0 Å². The number of nitrogens with zero attached hydrogens (tertiary/aromatic N) is 1. The van der Waals surface area contributed by atoms with Gasteiger partial charge in [0, 0.05) is 31.5 Å². The molecule has 0 aromatic heterocycles. The molecule has 3 unspecified atom stereocenters. The van der Waals surface area contributed by atoms with Crippen molar-refractivity contribution in [2.45, 2.75) is 79.0 Å². The Morgan fingerprint density at radius 2 is 1.85 bits per heavy atom. The molecule has 1 amide bonds. The fourth-order valence-electron chi connectivity index (χ4n) is 4.41. The third-order valence-corrected chi connectivity index (χ3v) is 6.69. The first kappa shape index (κ1) is 26.1. The molecule has 186 valence electrons. The first-order valence-electron chi connectivity index (χ1n) is 11.8. The highest BCUT2D eigenvalue weighted by Crippen LogP contribution is 2.37. The number of cyclic esters (lactones) is 1. The van der Waals surface area contributed by atoms with Gasteiger partial charge in [-0.1, -0.05) is 26.0 Å². The maximum atomic E-state index is 15.2. The van der Waals surface area contributed by atoms with E-state index in [1.807, 2.05) is 39.8 Å². The lowest BCUT2D eigenvalue weighted by atomic mass is 9.93. The normalized spacial score (nSPS) is 30.9. The van der Waals surface area contributed by atoms with E-state index in [4.69, 9.17) is 14.2 Å². The molecule has 34 heavy (non-hydrogen) atoms. The van der Waals surface area contributed by atoms with Crippen LogP contribution in [0.1, 0.15) is 69.4 Å². The molecule has 5 atom stereocenters. The average molecular weight is 474 g/mol. The molecular weight excluding hydrogens is 437 g/mol. The maximum absolute atomic E-state index is 15.2. The summed E-state index contributed by atoms with van der Waals surface area (Å²) in [7, 11) is 1.69. The van der Waals surface area contributed by atoms with Crippen molar-refractivity contribution >= 4 is 23.6 Å². The Labute approximate surface area is 201 Å². The summed E-state index contributed by atoms with van der Waals surface area (Å²) >= 11 is 0. The van der Waals surface area contributed by atoms with Gasteiger partial charge in [-0.15, -0.1) is 0 Å². The Morgan fingerprint density at radius 3 is 2.50 bits per heavy atom. The van der Waals surface area contributed by atoms with Crippen molar-refractivity contribution in [1.82, 2.24) is 0 Å². The van der Waals surface area contributed by atoms with Crippen LogP contribution < -0.4 is 4.90 Å². The number of rotatable bonds is 1. The van der Waals surface area contributed by atoms with Gasteiger partial charge in [-0.05, 0) is 63.5 Å². The molecule has 1 fully saturated rings. The van der Waals surface area contributed by atoms with Gasteiger partial charge >= 0.3 is 5.97 Å². The molecule has 3 rings (SSSR count). The number of carbonyl (C=O) groups is 2. The van der Waals surface area contributed by atoms with E-state index in [0.29, 0.717) is 28.8 Å². The second kappa shape index (κ2) is 10.0. The van der Waals surface area contributed by atoms with Crippen LogP contribution in [0.25, 0.3) is 6.08 Å². The lowest BCUT2D eigenvalue weighted by molar-refractivity contribution is -0.149. The van der Waals surface area contributed by atoms with Crippen molar-refractivity contribution < 1.29 is 28.2 Å². The number of aryl methyl sites for hydroxylation is 1. The molecule has 1 aromatic rings. The van der Waals surface area contributed by atoms with Crippen LogP contribution in [0.5, 0.6) is 0 Å². The van der Waals surface area contributed by atoms with Crippen LogP contribution in [0.2, 0.25) is 0 Å². The maximum Gasteiger partial charge on any atom is 0.339 e. The van der Waals surface area contributed by atoms with Gasteiger partial charge < -0.3 is 19.1 Å². The number of esters is 1. The number of halogens is 1. The van der Waals surface area contributed by atoms with Crippen LogP contribution in [0.3, 0.4) is 0 Å². The number of amides is 1. The standard InChI is InChI=1S/C27H36FNO5/c1-15-13-22(28)17(3)25-23(33-27(6,7)34-25)11-9-10-20-14-21(29(8)19(5)30)12-16(2)24(20)26(31)32-18(15)4/h9-10,12-15,17-18,23,25H,11H2,1-8H3/b10-9?,22-13+/t15-,17?,18+,23?,25?/m1/s1. The van der Waals surface area contributed by atoms with Crippen molar-refractivity contribution in [3.63, 3.8) is 0 Å². The number of carbonyl (C=O) groups excluding carboxylic acids is 2. The van der Waals surface area contributed by atoms with Gasteiger partial charge in [0.1, 0.15) is 11.9 Å². The van der Waals surface area contributed by atoms with Gasteiger partial charge in [0.25, 0.3) is 0 Å². The zero-order valence-corrected chi connectivity index (χ0v) is 21.3. The van der Waals surface area contributed by atoms with Gasteiger partial charge in [0.05, 0.1) is 17.8 Å². The van der Waals surface area contributed by atoms with Crippen molar-refractivity contribution in [2.75, 3.05) is 11.9 Å². The second-order valence-electron chi connectivity index (χ2n) is 9.89. The van der Waals surface area contributed by atoms with Crippen molar-refractivity contribution in [1.29, 1.82) is 0 Å². The summed E-state index contributed by atoms with van der Waals surface area (Å²) in [5.41, 5.74) is 2.44. The summed E-state index contributed by atoms with van der Waals surface area (Å²) in [4.78, 5) is 26.7. The molecule has 0 spiro atoms. The molecule has 2 aliphatic rings. The van der Waals surface area contributed by atoms with E-state index in [2.05, 4.69) is 0 Å². The average Bonchev–Trinajstić information content (AvgIpc) is 3.05. The van der Waals surface area contributed by atoms with E-state index >= 15 is 4.39 Å². The lowest BCUT2D eigenvalue weighted by Gasteiger charge is -2.25. The van der Waals surface area contributed by atoms with Crippen LogP contribution >= 0.6 is 0 Å². The predicted molar refractivity (Wildman–Crippen MR) is 130 cm³/mol. The van der Waals surface area contributed by atoms with Gasteiger partial charge in [-0.3, -0.25) is 4.79 Å². The Balaban J connectivity index is 2.10. The molecule has 0 saturated carbocycles. The molecule has 0 N–H and O–H groups in total. The molecular formula is C27H36FNO5. The van der Waals surface area contributed by atoms with Crippen LogP contribution in [0.15, 0.2) is 30.1 Å². The second-order valence-corrected chi connectivity index (χ2v) is 9.89. The molecule has 0 bridgehead atoms. The molecule has 2 heterocycles. The molecule has 1 aromatic carbocycles. The van der Waals surface area contributed by atoms with Crippen molar-refractivity contribution in [2.24, 2.45) is 11.8 Å². The van der Waals surface area contributed by atoms with Crippen LogP contribution in [-0.4, -0.2) is 43.0 Å². The van der Waals surface area contributed by atoms with E-state index in [1.54, 1.807) is 33.0 Å². The zero-order valence-electron chi connectivity index (χ0n) is 21.3. The quantitative estimate of drug-likeness (QED) is 0.498. The van der Waals surface area contributed by atoms with E-state index in [1.165, 1.54) is 17.9 Å². The van der Waals surface area contributed by atoms with Crippen molar-refractivity contribution in [3.05, 3.63) is 46.8 Å². The molecule has 1 saturated heterocycles. The minimum atomic E-state index is -0.824. The van der Waals surface area contributed by atoms with Crippen LogP contribution in [0, 0.1) is 18.8 Å². The highest BCUT2D eigenvalue weighted by atomic mass is 19.1. The minimum absolute atomic E-state index is 0.112. The molecule has 2 aliphatic heterocycles. The van der Waals surface area contributed by atoms with Gasteiger partial charge in [0.15, 0.2) is 5.79 Å². The number of fused-ring (bicyclic) bond motifs is 2. The van der Waals surface area contributed by atoms with Crippen molar-refractivity contribution in [3.8, 4) is 0 Å². The first-order chi connectivity index (χ1) is 15.8. The third kappa shape index (κ3) is 5.58. The minimum Gasteiger partial charge on any atom is -0.458 e. The van der Waals surface area contributed by atoms with E-state index in [9.17, 15) is 9.59 Å². The van der Waals surface area contributed by atoms with E-state index < -0.39 is 29.9 Å². The first-order valence-corrected chi connectivity index (χ1v) is 11.8. The summed E-state index contributed by atoms with van der Waals surface area (Å²) in [6, 6.07) is 3.59. The third-order valence-electron chi connectivity index (χ3n) is 6.69. The predicted octanol–water partition coefficient (Wildman–Crippen LogP) is 5.59. The summed E-state index contributed by atoms with van der Waals surface area (Å²) in [5.74, 6) is -2.58. The van der Waals surface area contributed by atoms with E-state index in [0.717, 1.165) is 0 Å². The SMILES string of the molecule is CC(=O)N(C)c1cc(C)c2c(c1)C=CCC1OC(C)(C)OC1C(C)/C(F)=C\[C@@H](C)[C@H](C)OC2=O. The largest absolute Gasteiger partial charge is 0.458 e. The molecule has 0 radical (unpaired) electrons. The summed E-state index contributed by atoms with van der Waals surface area (Å²) < 4.78 is 33.1. The molecule has 0 aliphatic carbocycles. The zero-order chi connectivity index (χ0) is 25.4. The Kier molecular flexibility index (Phi) is 7.68. The number of hydrogen-bond donors (Lipinski definition) is 0. The number of benzene rings is 1. The number of anilines is 1. The topological polar surface area (TPSA) is 65.1 Å². The monoisotopic (exact) mass is 473 g/mol. The fourth-order valence-corrected chi connectivity index (χ4v) is 4.41. The van der Waals surface area contributed by atoms with E-state index in [-0.39, 0.29) is 23.8 Å². The van der Waals surface area contributed by atoms with Gasteiger partial charge in [-0.25, -0.2) is 9.18 Å². The van der Waals surface area contributed by atoms with Gasteiger partial charge in [-0.2, -0.15) is 0 Å². The summed E-state index contributed by atoms with van der Waals surface area (Å²) in [5, 5.41) is 0. The Hall–Kier alpha value is -2.51. The lowest BCUT2D eigenvalue weighted by Crippen LogP contribution is -2.30. The summed E-state index contributed by atoms with van der Waals surface area (Å²) in [6.07, 6.45) is 4.36.